The SMILES string of the molecule is CCCCNC(C#N)c1ccc(O)c(OCC)c1. The Morgan fingerprint density at radius 2 is 2.22 bits per heavy atom. The summed E-state index contributed by atoms with van der Waals surface area (Å²) in [6.07, 6.45) is 2.12. The quantitative estimate of drug-likeness (QED) is 0.728. The van der Waals surface area contributed by atoms with Crippen molar-refractivity contribution in [3.63, 3.8) is 0 Å². The summed E-state index contributed by atoms with van der Waals surface area (Å²) in [7, 11) is 0. The molecular formula is C14H20N2O2. The molecule has 1 aromatic rings. The predicted octanol–water partition coefficient (Wildman–Crippen LogP) is 2.75. The van der Waals surface area contributed by atoms with E-state index in [9.17, 15) is 5.11 Å². The second kappa shape index (κ2) is 7.57. The van der Waals surface area contributed by atoms with Crippen molar-refractivity contribution in [1.29, 1.82) is 5.26 Å². The molecule has 0 heterocycles. The number of nitriles is 1. The maximum absolute atomic E-state index is 9.61. The molecule has 0 amide bonds. The molecule has 2 N–H and O–H groups in total. The first kappa shape index (κ1) is 14.3. The number of nitrogens with one attached hydrogen (secondary N) is 1. The third kappa shape index (κ3) is 3.94. The van der Waals surface area contributed by atoms with E-state index in [1.54, 1.807) is 18.2 Å². The van der Waals surface area contributed by atoms with Crippen LogP contribution in [0.3, 0.4) is 0 Å². The van der Waals surface area contributed by atoms with E-state index in [0.717, 1.165) is 24.9 Å². The van der Waals surface area contributed by atoms with Gasteiger partial charge in [-0.05, 0) is 37.6 Å². The highest BCUT2D eigenvalue weighted by Crippen LogP contribution is 2.29. The molecule has 18 heavy (non-hydrogen) atoms. The molecule has 0 aromatic heterocycles. The minimum Gasteiger partial charge on any atom is -0.504 e. The van der Waals surface area contributed by atoms with Gasteiger partial charge in [0.2, 0.25) is 0 Å². The van der Waals surface area contributed by atoms with E-state index in [0.29, 0.717) is 12.4 Å². The van der Waals surface area contributed by atoms with Gasteiger partial charge in [-0.25, -0.2) is 0 Å². The van der Waals surface area contributed by atoms with Gasteiger partial charge in [0, 0.05) is 0 Å². The second-order valence-corrected chi connectivity index (χ2v) is 4.03. The summed E-state index contributed by atoms with van der Waals surface area (Å²) in [6.45, 7) is 5.25. The molecular weight excluding hydrogens is 228 g/mol. The molecule has 0 aliphatic heterocycles. The number of hydrogen-bond acceptors (Lipinski definition) is 4. The predicted molar refractivity (Wildman–Crippen MR) is 70.5 cm³/mol. The van der Waals surface area contributed by atoms with Crippen molar-refractivity contribution in [2.45, 2.75) is 32.7 Å². The average molecular weight is 248 g/mol. The normalized spacial score (nSPS) is 11.8. The molecule has 1 rings (SSSR count). The summed E-state index contributed by atoms with van der Waals surface area (Å²) in [6, 6.07) is 6.87. The number of unbranched alkanes of at least 4 members (excludes halogenated alkanes) is 1. The smallest absolute Gasteiger partial charge is 0.161 e. The maximum atomic E-state index is 9.61. The van der Waals surface area contributed by atoms with Crippen LogP contribution in [0, 0.1) is 11.3 Å². The van der Waals surface area contributed by atoms with Crippen molar-refractivity contribution in [2.24, 2.45) is 0 Å². The lowest BCUT2D eigenvalue weighted by molar-refractivity contribution is 0.317. The molecule has 0 saturated heterocycles. The summed E-state index contributed by atoms with van der Waals surface area (Å²) >= 11 is 0. The Labute approximate surface area is 108 Å². The zero-order valence-corrected chi connectivity index (χ0v) is 10.9. The highest BCUT2D eigenvalue weighted by molar-refractivity contribution is 5.43. The van der Waals surface area contributed by atoms with Gasteiger partial charge in [-0.3, -0.25) is 5.32 Å². The van der Waals surface area contributed by atoms with E-state index in [1.165, 1.54) is 0 Å². The molecule has 98 valence electrons. The number of nitrogens with zero attached hydrogens (tertiary/aromatic N) is 1. The van der Waals surface area contributed by atoms with Crippen molar-refractivity contribution < 1.29 is 9.84 Å². The molecule has 1 aromatic carbocycles. The lowest BCUT2D eigenvalue weighted by Gasteiger charge is -2.13. The molecule has 0 saturated carbocycles. The monoisotopic (exact) mass is 248 g/mol. The Kier molecular flexibility index (Phi) is 6.03. The number of phenols is 1. The highest BCUT2D eigenvalue weighted by atomic mass is 16.5. The zero-order valence-electron chi connectivity index (χ0n) is 10.9. The number of benzene rings is 1. The topological polar surface area (TPSA) is 65.3 Å². The Morgan fingerprint density at radius 3 is 2.83 bits per heavy atom. The molecule has 0 aliphatic carbocycles. The molecule has 1 atom stereocenters. The summed E-state index contributed by atoms with van der Waals surface area (Å²) in [5, 5.41) is 21.9. The number of ether oxygens (including phenoxy) is 1. The van der Waals surface area contributed by atoms with Gasteiger partial charge in [0.25, 0.3) is 0 Å². The fourth-order valence-electron chi connectivity index (χ4n) is 1.64. The van der Waals surface area contributed by atoms with E-state index >= 15 is 0 Å². The van der Waals surface area contributed by atoms with Crippen LogP contribution in [0.25, 0.3) is 0 Å². The van der Waals surface area contributed by atoms with Gasteiger partial charge in [-0.2, -0.15) is 5.26 Å². The standard InChI is InChI=1S/C14H20N2O2/c1-3-5-8-16-12(10-15)11-6-7-13(17)14(9-11)18-4-2/h6-7,9,12,16-17H,3-5,8H2,1-2H3. The molecule has 0 aliphatic rings. The van der Waals surface area contributed by atoms with Gasteiger partial charge < -0.3 is 9.84 Å². The van der Waals surface area contributed by atoms with Gasteiger partial charge in [-0.15, -0.1) is 0 Å². The fraction of sp³-hybridized carbons (Fsp3) is 0.500. The first-order valence-corrected chi connectivity index (χ1v) is 6.31. The summed E-state index contributed by atoms with van der Waals surface area (Å²) in [4.78, 5) is 0. The largest absolute Gasteiger partial charge is 0.504 e. The van der Waals surface area contributed by atoms with Gasteiger partial charge in [-0.1, -0.05) is 19.4 Å². The lowest BCUT2D eigenvalue weighted by Crippen LogP contribution is -2.21. The minimum atomic E-state index is -0.364. The Balaban J connectivity index is 2.79. The molecule has 0 bridgehead atoms. The van der Waals surface area contributed by atoms with Gasteiger partial charge in [0.05, 0.1) is 12.7 Å². The van der Waals surface area contributed by atoms with E-state index in [-0.39, 0.29) is 11.8 Å². The highest BCUT2D eigenvalue weighted by Gasteiger charge is 2.12. The number of aromatic hydroxyl groups is 1. The molecule has 4 nitrogen and oxygen atoms in total. The molecule has 4 heteroatoms. The first-order chi connectivity index (χ1) is 8.72. The second-order valence-electron chi connectivity index (χ2n) is 4.03. The zero-order chi connectivity index (χ0) is 13.4. The Morgan fingerprint density at radius 1 is 1.44 bits per heavy atom. The third-order valence-electron chi connectivity index (χ3n) is 2.62. The van der Waals surface area contributed by atoms with Crippen molar-refractivity contribution in [2.75, 3.05) is 13.2 Å². The summed E-state index contributed by atoms with van der Waals surface area (Å²) in [5.41, 5.74) is 0.815. The fourth-order valence-corrected chi connectivity index (χ4v) is 1.64. The Hall–Kier alpha value is -1.73. The van der Waals surface area contributed by atoms with Crippen molar-refractivity contribution in [3.8, 4) is 17.6 Å². The number of phenolic OH excluding ortho intramolecular Hbond substituents is 1. The first-order valence-electron chi connectivity index (χ1n) is 6.31. The van der Waals surface area contributed by atoms with Gasteiger partial charge >= 0.3 is 0 Å². The van der Waals surface area contributed by atoms with Crippen molar-refractivity contribution in [3.05, 3.63) is 23.8 Å². The van der Waals surface area contributed by atoms with Crippen LogP contribution in [0.2, 0.25) is 0 Å². The number of rotatable bonds is 7. The van der Waals surface area contributed by atoms with Gasteiger partial charge in [0.15, 0.2) is 11.5 Å². The van der Waals surface area contributed by atoms with E-state index in [2.05, 4.69) is 18.3 Å². The molecule has 1 unspecified atom stereocenters. The molecule has 0 spiro atoms. The van der Waals surface area contributed by atoms with Crippen LogP contribution in [0.15, 0.2) is 18.2 Å². The van der Waals surface area contributed by atoms with Crippen molar-refractivity contribution in [1.82, 2.24) is 5.32 Å². The van der Waals surface area contributed by atoms with Crippen LogP contribution in [-0.2, 0) is 0 Å². The third-order valence-corrected chi connectivity index (χ3v) is 2.62. The maximum Gasteiger partial charge on any atom is 0.161 e. The van der Waals surface area contributed by atoms with E-state index in [1.807, 2.05) is 6.92 Å². The van der Waals surface area contributed by atoms with Crippen LogP contribution in [0.5, 0.6) is 11.5 Å². The minimum absolute atomic E-state index is 0.103. The average Bonchev–Trinajstić information content (AvgIpc) is 2.38. The van der Waals surface area contributed by atoms with Crippen LogP contribution in [0.4, 0.5) is 0 Å². The van der Waals surface area contributed by atoms with Crippen LogP contribution in [-0.4, -0.2) is 18.3 Å². The van der Waals surface area contributed by atoms with Gasteiger partial charge in [0.1, 0.15) is 6.04 Å². The van der Waals surface area contributed by atoms with Crippen LogP contribution >= 0.6 is 0 Å². The van der Waals surface area contributed by atoms with Crippen molar-refractivity contribution >= 4 is 0 Å². The van der Waals surface area contributed by atoms with E-state index in [4.69, 9.17) is 10.00 Å². The number of hydrogen-bond donors (Lipinski definition) is 2. The Bertz CT molecular complexity index is 413. The molecule has 0 fully saturated rings. The molecule has 0 radical (unpaired) electrons. The van der Waals surface area contributed by atoms with Crippen LogP contribution in [0.1, 0.15) is 38.3 Å². The summed E-state index contributed by atoms with van der Waals surface area (Å²) < 4.78 is 5.31. The lowest BCUT2D eigenvalue weighted by atomic mass is 10.1. The van der Waals surface area contributed by atoms with E-state index < -0.39 is 0 Å². The van der Waals surface area contributed by atoms with Crippen LogP contribution < -0.4 is 10.1 Å². The summed E-state index contributed by atoms with van der Waals surface area (Å²) in [5.74, 6) is 0.526.